The summed E-state index contributed by atoms with van der Waals surface area (Å²) in [7, 11) is 0. The number of thioether (sulfide) groups is 1. The molecule has 3 rings (SSSR count). The van der Waals surface area contributed by atoms with Gasteiger partial charge in [0.05, 0.1) is 17.9 Å². The molecular weight excluding hydrogens is 296 g/mol. The molecule has 3 aromatic rings. The predicted octanol–water partition coefficient (Wildman–Crippen LogP) is 4.03. The number of H-pyrrole nitrogens is 1. The number of aromatic nitrogens is 2. The summed E-state index contributed by atoms with van der Waals surface area (Å²) < 4.78 is 5.01. The zero-order valence-corrected chi connectivity index (χ0v) is 13.0. The lowest BCUT2D eigenvalue weighted by molar-refractivity contribution is 0.0526. The van der Waals surface area contributed by atoms with Crippen LogP contribution in [0.25, 0.3) is 10.9 Å². The minimum Gasteiger partial charge on any atom is -0.462 e. The number of ether oxygens (including phenoxy) is 1. The largest absolute Gasteiger partial charge is 0.462 e. The van der Waals surface area contributed by atoms with Crippen molar-refractivity contribution in [1.82, 2.24) is 9.97 Å². The lowest BCUT2D eigenvalue weighted by Gasteiger charge is -2.04. The van der Waals surface area contributed by atoms with E-state index in [-0.39, 0.29) is 5.97 Å². The van der Waals surface area contributed by atoms with Crippen LogP contribution in [-0.2, 0) is 10.5 Å². The molecule has 0 saturated heterocycles. The van der Waals surface area contributed by atoms with Gasteiger partial charge in [0, 0.05) is 33.9 Å². The molecule has 0 spiro atoms. The SMILES string of the molecule is CCOC(=O)c1ccnc(CSc2c[nH]c3ccccc23)c1. The van der Waals surface area contributed by atoms with E-state index in [1.807, 2.05) is 18.3 Å². The molecule has 0 atom stereocenters. The third kappa shape index (κ3) is 3.14. The van der Waals surface area contributed by atoms with E-state index in [1.165, 1.54) is 10.3 Å². The van der Waals surface area contributed by atoms with Crippen LogP contribution in [0.5, 0.6) is 0 Å². The van der Waals surface area contributed by atoms with Gasteiger partial charge in [-0.15, -0.1) is 11.8 Å². The Hall–Kier alpha value is -2.27. The molecular formula is C17H16N2O2S. The monoisotopic (exact) mass is 312 g/mol. The van der Waals surface area contributed by atoms with Crippen LogP contribution in [0.1, 0.15) is 23.0 Å². The molecule has 0 fully saturated rings. The molecule has 0 aliphatic heterocycles. The number of esters is 1. The van der Waals surface area contributed by atoms with Gasteiger partial charge in [0.25, 0.3) is 0 Å². The van der Waals surface area contributed by atoms with Gasteiger partial charge in [-0.25, -0.2) is 4.79 Å². The summed E-state index contributed by atoms with van der Waals surface area (Å²) in [6.45, 7) is 2.17. The lowest BCUT2D eigenvalue weighted by Crippen LogP contribution is -2.05. The Morgan fingerprint density at radius 3 is 3.05 bits per heavy atom. The number of fused-ring (bicyclic) bond motifs is 1. The van der Waals surface area contributed by atoms with E-state index in [4.69, 9.17) is 4.74 Å². The number of nitrogens with zero attached hydrogens (tertiary/aromatic N) is 1. The van der Waals surface area contributed by atoms with Gasteiger partial charge in [-0.05, 0) is 25.1 Å². The standard InChI is InChI=1S/C17H16N2O2S/c1-2-21-17(20)12-7-8-18-13(9-12)11-22-16-10-19-15-6-4-3-5-14(15)16/h3-10,19H,2,11H2,1H3. The van der Waals surface area contributed by atoms with E-state index in [0.29, 0.717) is 17.9 Å². The summed E-state index contributed by atoms with van der Waals surface area (Å²) >= 11 is 1.70. The normalized spacial score (nSPS) is 10.8. The van der Waals surface area contributed by atoms with Crippen molar-refractivity contribution >= 4 is 28.6 Å². The molecule has 0 radical (unpaired) electrons. The van der Waals surface area contributed by atoms with Gasteiger partial charge in [0.15, 0.2) is 0 Å². The topological polar surface area (TPSA) is 55.0 Å². The van der Waals surface area contributed by atoms with Crippen molar-refractivity contribution in [3.8, 4) is 0 Å². The Balaban J connectivity index is 1.74. The maximum absolute atomic E-state index is 11.7. The first-order chi connectivity index (χ1) is 10.8. The van der Waals surface area contributed by atoms with E-state index < -0.39 is 0 Å². The summed E-state index contributed by atoms with van der Waals surface area (Å²) in [5.74, 6) is 0.401. The number of benzene rings is 1. The summed E-state index contributed by atoms with van der Waals surface area (Å²) in [4.78, 5) is 20.5. The van der Waals surface area contributed by atoms with Crippen LogP contribution < -0.4 is 0 Å². The molecule has 22 heavy (non-hydrogen) atoms. The summed E-state index contributed by atoms with van der Waals surface area (Å²) in [5.41, 5.74) is 2.53. The number of para-hydroxylation sites is 1. The number of rotatable bonds is 5. The zero-order valence-electron chi connectivity index (χ0n) is 12.2. The van der Waals surface area contributed by atoms with Gasteiger partial charge in [-0.3, -0.25) is 4.98 Å². The Kier molecular flexibility index (Phi) is 4.44. The Bertz CT molecular complexity index is 798. The highest BCUT2D eigenvalue weighted by Crippen LogP contribution is 2.29. The van der Waals surface area contributed by atoms with Crippen LogP contribution in [0, 0.1) is 0 Å². The third-order valence-corrected chi connectivity index (χ3v) is 4.34. The third-order valence-electron chi connectivity index (χ3n) is 3.25. The van der Waals surface area contributed by atoms with Gasteiger partial charge in [0.2, 0.25) is 0 Å². The Labute approximate surface area is 132 Å². The summed E-state index contributed by atoms with van der Waals surface area (Å²) in [6.07, 6.45) is 3.65. The molecule has 0 bridgehead atoms. The van der Waals surface area contributed by atoms with Crippen molar-refractivity contribution in [2.45, 2.75) is 17.6 Å². The first kappa shape index (κ1) is 14.7. The van der Waals surface area contributed by atoms with Gasteiger partial charge in [-0.2, -0.15) is 0 Å². The predicted molar refractivity (Wildman–Crippen MR) is 88.1 cm³/mol. The van der Waals surface area contributed by atoms with Gasteiger partial charge < -0.3 is 9.72 Å². The van der Waals surface area contributed by atoms with Crippen molar-refractivity contribution in [3.63, 3.8) is 0 Å². The quantitative estimate of drug-likeness (QED) is 0.571. The smallest absolute Gasteiger partial charge is 0.338 e. The summed E-state index contributed by atoms with van der Waals surface area (Å²) in [5, 5.41) is 1.20. The number of carbonyl (C=O) groups excluding carboxylic acids is 1. The minimum absolute atomic E-state index is 0.303. The molecule has 1 aromatic carbocycles. The van der Waals surface area contributed by atoms with Crippen LogP contribution in [-0.4, -0.2) is 22.5 Å². The van der Waals surface area contributed by atoms with Crippen LogP contribution in [0.2, 0.25) is 0 Å². The number of hydrogen-bond donors (Lipinski definition) is 1. The van der Waals surface area contributed by atoms with E-state index in [9.17, 15) is 4.79 Å². The van der Waals surface area contributed by atoms with Crippen LogP contribution in [0.4, 0.5) is 0 Å². The molecule has 1 N–H and O–H groups in total. The zero-order chi connectivity index (χ0) is 15.4. The van der Waals surface area contributed by atoms with Crippen LogP contribution in [0.3, 0.4) is 0 Å². The van der Waals surface area contributed by atoms with Crippen molar-refractivity contribution < 1.29 is 9.53 Å². The fourth-order valence-electron chi connectivity index (χ4n) is 2.21. The molecule has 0 aliphatic rings. The van der Waals surface area contributed by atoms with Crippen molar-refractivity contribution in [1.29, 1.82) is 0 Å². The molecule has 2 heterocycles. The van der Waals surface area contributed by atoms with E-state index in [2.05, 4.69) is 22.1 Å². The number of hydrogen-bond acceptors (Lipinski definition) is 4. The van der Waals surface area contributed by atoms with Crippen molar-refractivity contribution in [3.05, 3.63) is 60.0 Å². The van der Waals surface area contributed by atoms with Gasteiger partial charge in [0.1, 0.15) is 0 Å². The molecule has 5 heteroatoms. The molecule has 0 unspecified atom stereocenters. The lowest BCUT2D eigenvalue weighted by atomic mass is 10.2. The average molecular weight is 312 g/mol. The number of pyridine rings is 1. The van der Waals surface area contributed by atoms with Gasteiger partial charge >= 0.3 is 5.97 Å². The average Bonchev–Trinajstić information content (AvgIpc) is 2.97. The molecule has 4 nitrogen and oxygen atoms in total. The number of aromatic amines is 1. The molecule has 0 aliphatic carbocycles. The highest BCUT2D eigenvalue weighted by Gasteiger charge is 2.09. The maximum atomic E-state index is 11.7. The highest BCUT2D eigenvalue weighted by atomic mass is 32.2. The van der Waals surface area contributed by atoms with Crippen LogP contribution in [0.15, 0.2) is 53.7 Å². The first-order valence-electron chi connectivity index (χ1n) is 7.09. The maximum Gasteiger partial charge on any atom is 0.338 e. The Morgan fingerprint density at radius 2 is 2.18 bits per heavy atom. The van der Waals surface area contributed by atoms with Crippen molar-refractivity contribution in [2.75, 3.05) is 6.61 Å². The van der Waals surface area contributed by atoms with Crippen molar-refractivity contribution in [2.24, 2.45) is 0 Å². The second kappa shape index (κ2) is 6.66. The number of nitrogens with one attached hydrogen (secondary N) is 1. The fourth-order valence-corrected chi connectivity index (χ4v) is 3.15. The second-order valence-corrected chi connectivity index (χ2v) is 5.76. The molecule has 0 saturated carbocycles. The first-order valence-corrected chi connectivity index (χ1v) is 8.07. The number of carbonyl (C=O) groups is 1. The molecule has 112 valence electrons. The van der Waals surface area contributed by atoms with E-state index >= 15 is 0 Å². The molecule has 0 amide bonds. The van der Waals surface area contributed by atoms with Crippen LogP contribution >= 0.6 is 11.8 Å². The summed E-state index contributed by atoms with van der Waals surface area (Å²) in [6, 6.07) is 11.7. The van der Waals surface area contributed by atoms with E-state index in [1.54, 1.807) is 37.0 Å². The molecule has 2 aromatic heterocycles. The van der Waals surface area contributed by atoms with Gasteiger partial charge in [-0.1, -0.05) is 18.2 Å². The van der Waals surface area contributed by atoms with E-state index in [0.717, 1.165) is 11.2 Å². The highest BCUT2D eigenvalue weighted by molar-refractivity contribution is 7.98. The second-order valence-electron chi connectivity index (χ2n) is 4.74. The minimum atomic E-state index is -0.303. The fraction of sp³-hybridized carbons (Fsp3) is 0.176. The Morgan fingerprint density at radius 1 is 1.32 bits per heavy atom.